The summed E-state index contributed by atoms with van der Waals surface area (Å²) in [6.07, 6.45) is 1.12. The first-order valence-corrected chi connectivity index (χ1v) is 11.9. The lowest BCUT2D eigenvalue weighted by Gasteiger charge is -2.13. The number of aryl methyl sites for hydroxylation is 2. The highest BCUT2D eigenvalue weighted by molar-refractivity contribution is 7.12. The zero-order chi connectivity index (χ0) is 25.4. The molecule has 9 heteroatoms. The highest BCUT2D eigenvalue weighted by Crippen LogP contribution is 2.31. The first kappa shape index (κ1) is 23.4. The van der Waals surface area contributed by atoms with Crippen molar-refractivity contribution in [1.29, 1.82) is 0 Å². The van der Waals surface area contributed by atoms with Crippen LogP contribution in [0.15, 0.2) is 66.0 Å². The molecular formula is C27H19F2N3O3S. The fourth-order valence-electron chi connectivity index (χ4n) is 4.16. The van der Waals surface area contributed by atoms with E-state index in [2.05, 4.69) is 10.6 Å². The Morgan fingerprint density at radius 2 is 1.64 bits per heavy atom. The van der Waals surface area contributed by atoms with Gasteiger partial charge in [-0.2, -0.15) is 0 Å². The average Bonchev–Trinajstić information content (AvgIpc) is 3.36. The second-order valence-electron chi connectivity index (χ2n) is 8.31. The van der Waals surface area contributed by atoms with Crippen molar-refractivity contribution in [2.45, 2.75) is 12.8 Å². The Morgan fingerprint density at radius 3 is 2.39 bits per heavy atom. The van der Waals surface area contributed by atoms with E-state index in [0.29, 0.717) is 40.6 Å². The highest BCUT2D eigenvalue weighted by Gasteiger charge is 2.23. The molecule has 3 aromatic carbocycles. The Bertz CT molecular complexity index is 1530. The van der Waals surface area contributed by atoms with E-state index in [0.717, 1.165) is 11.1 Å². The average molecular weight is 504 g/mol. The Labute approximate surface area is 208 Å². The van der Waals surface area contributed by atoms with Gasteiger partial charge in [0.05, 0.1) is 16.3 Å². The molecule has 0 aliphatic heterocycles. The van der Waals surface area contributed by atoms with Gasteiger partial charge in [-0.05, 0) is 71.8 Å². The van der Waals surface area contributed by atoms with Crippen molar-refractivity contribution >= 4 is 46.0 Å². The monoisotopic (exact) mass is 503 g/mol. The summed E-state index contributed by atoms with van der Waals surface area (Å²) in [5.74, 6) is -3.06. The predicted octanol–water partition coefficient (Wildman–Crippen LogP) is 5.45. The molecule has 1 aliphatic carbocycles. The number of primary amides is 1. The lowest BCUT2D eigenvalue weighted by atomic mass is 9.96. The van der Waals surface area contributed by atoms with E-state index in [1.807, 2.05) is 0 Å². The van der Waals surface area contributed by atoms with E-state index in [-0.39, 0.29) is 22.7 Å². The summed E-state index contributed by atoms with van der Waals surface area (Å²) in [7, 11) is 0. The molecule has 0 radical (unpaired) electrons. The molecule has 1 heterocycles. The summed E-state index contributed by atoms with van der Waals surface area (Å²) >= 11 is 1.20. The minimum Gasteiger partial charge on any atom is -0.366 e. The number of benzene rings is 3. The summed E-state index contributed by atoms with van der Waals surface area (Å²) in [6.45, 7) is 0. The summed E-state index contributed by atoms with van der Waals surface area (Å²) < 4.78 is 28.9. The number of thiophene rings is 1. The summed E-state index contributed by atoms with van der Waals surface area (Å²) in [6, 6.07) is 15.0. The summed E-state index contributed by atoms with van der Waals surface area (Å²) in [5, 5.41) is 7.10. The van der Waals surface area contributed by atoms with Crippen molar-refractivity contribution in [3.8, 4) is 0 Å². The number of carbonyl (C=O) groups is 3. The molecule has 0 bridgehead atoms. The first-order valence-electron chi connectivity index (χ1n) is 11.0. The van der Waals surface area contributed by atoms with Gasteiger partial charge in [-0.15, -0.1) is 11.3 Å². The number of nitrogens with one attached hydrogen (secondary N) is 2. The van der Waals surface area contributed by atoms with Crippen LogP contribution in [0.2, 0.25) is 0 Å². The van der Waals surface area contributed by atoms with Gasteiger partial charge in [0.15, 0.2) is 5.78 Å². The number of carbonyl (C=O) groups excluding carboxylic acids is 3. The molecular weight excluding hydrogens is 484 g/mol. The molecule has 4 aromatic rings. The largest absolute Gasteiger partial charge is 0.366 e. The summed E-state index contributed by atoms with van der Waals surface area (Å²) in [4.78, 5) is 37.5. The number of hydrogen-bond donors (Lipinski definition) is 3. The van der Waals surface area contributed by atoms with Gasteiger partial charge in [0.2, 0.25) is 5.91 Å². The van der Waals surface area contributed by atoms with Gasteiger partial charge in [-0.1, -0.05) is 12.1 Å². The maximum atomic E-state index is 14.6. The number of nitrogens with two attached hydrogens (primary N) is 1. The molecule has 0 atom stereocenters. The smallest absolute Gasteiger partial charge is 0.265 e. The molecule has 1 aromatic heterocycles. The van der Waals surface area contributed by atoms with Crippen LogP contribution in [0.1, 0.15) is 47.1 Å². The van der Waals surface area contributed by atoms with Crippen LogP contribution in [0.25, 0.3) is 0 Å². The van der Waals surface area contributed by atoms with Crippen molar-refractivity contribution in [2.24, 2.45) is 5.73 Å². The van der Waals surface area contributed by atoms with Crippen LogP contribution in [-0.2, 0) is 12.8 Å². The van der Waals surface area contributed by atoms with Crippen molar-refractivity contribution < 1.29 is 23.2 Å². The Balaban J connectivity index is 1.42. The standard InChI is InChI=1S/C27H19F2N3O3S/c28-20-12-21(29)23(32-27(35)24-2-1-9-36-24)13-22(20)31-17-7-8-18-15(10-17)5-3-14-4-6-16(26(30)34)11-19(14)25(18)33/h1-2,4,6-13,31H,3,5H2,(H2,30,34)(H,32,35). The second-order valence-corrected chi connectivity index (χ2v) is 9.25. The van der Waals surface area contributed by atoms with Crippen molar-refractivity contribution in [1.82, 2.24) is 0 Å². The molecule has 0 spiro atoms. The number of halogens is 2. The minimum absolute atomic E-state index is 0.0350. The van der Waals surface area contributed by atoms with E-state index in [1.54, 1.807) is 47.8 Å². The number of rotatable bonds is 5. The highest BCUT2D eigenvalue weighted by atomic mass is 32.1. The lowest BCUT2D eigenvalue weighted by Crippen LogP contribution is -2.13. The van der Waals surface area contributed by atoms with Gasteiger partial charge in [-0.25, -0.2) is 8.78 Å². The van der Waals surface area contributed by atoms with Gasteiger partial charge in [0.25, 0.3) is 5.91 Å². The molecule has 36 heavy (non-hydrogen) atoms. The van der Waals surface area contributed by atoms with E-state index >= 15 is 0 Å². The van der Waals surface area contributed by atoms with Crippen molar-refractivity contribution in [3.63, 3.8) is 0 Å². The fourth-order valence-corrected chi connectivity index (χ4v) is 4.78. The first-order chi connectivity index (χ1) is 17.3. The zero-order valence-corrected chi connectivity index (χ0v) is 19.5. The fraction of sp³-hybridized carbons (Fsp3) is 0.0741. The SMILES string of the molecule is NC(=O)c1ccc2c(c1)C(=O)c1ccc(Nc3cc(NC(=O)c4cccs4)c(F)cc3F)cc1CC2. The molecule has 4 N–H and O–H groups in total. The molecule has 5 rings (SSSR count). The quantitative estimate of drug-likeness (QED) is 0.337. The van der Waals surface area contributed by atoms with Crippen LogP contribution in [0.3, 0.4) is 0 Å². The van der Waals surface area contributed by atoms with Crippen molar-refractivity contribution in [2.75, 3.05) is 10.6 Å². The van der Waals surface area contributed by atoms with Gasteiger partial charge < -0.3 is 16.4 Å². The van der Waals surface area contributed by atoms with Crippen LogP contribution in [0.5, 0.6) is 0 Å². The van der Waals surface area contributed by atoms with E-state index < -0.39 is 23.4 Å². The third kappa shape index (κ3) is 4.48. The molecule has 1 aliphatic rings. The Hall–Kier alpha value is -4.37. The third-order valence-corrected chi connectivity index (χ3v) is 6.85. The summed E-state index contributed by atoms with van der Waals surface area (Å²) in [5.41, 5.74) is 8.39. The normalized spacial score (nSPS) is 12.3. The Morgan fingerprint density at radius 1 is 0.861 bits per heavy atom. The van der Waals surface area contributed by atoms with E-state index in [1.165, 1.54) is 23.5 Å². The van der Waals surface area contributed by atoms with Gasteiger partial charge in [0.1, 0.15) is 11.6 Å². The molecule has 6 nitrogen and oxygen atoms in total. The van der Waals surface area contributed by atoms with Crippen molar-refractivity contribution in [3.05, 3.63) is 110 Å². The van der Waals surface area contributed by atoms with Gasteiger partial charge in [0, 0.05) is 28.4 Å². The molecule has 180 valence electrons. The van der Waals surface area contributed by atoms with Crippen LogP contribution in [0.4, 0.5) is 25.8 Å². The number of amides is 2. The minimum atomic E-state index is -0.899. The molecule has 0 fully saturated rings. The van der Waals surface area contributed by atoms with Crippen LogP contribution >= 0.6 is 11.3 Å². The van der Waals surface area contributed by atoms with Crippen LogP contribution in [0, 0.1) is 11.6 Å². The molecule has 2 amide bonds. The topological polar surface area (TPSA) is 101 Å². The number of hydrogen-bond acceptors (Lipinski definition) is 5. The predicted molar refractivity (Wildman–Crippen MR) is 134 cm³/mol. The van der Waals surface area contributed by atoms with Gasteiger partial charge in [-0.3, -0.25) is 14.4 Å². The maximum Gasteiger partial charge on any atom is 0.265 e. The van der Waals surface area contributed by atoms with Gasteiger partial charge >= 0.3 is 0 Å². The number of ketones is 1. The lowest BCUT2D eigenvalue weighted by molar-refractivity contribution is 0.0998. The Kier molecular flexibility index (Phi) is 6.07. The maximum absolute atomic E-state index is 14.6. The van der Waals surface area contributed by atoms with Crippen LogP contribution in [-0.4, -0.2) is 17.6 Å². The number of fused-ring (bicyclic) bond motifs is 2. The van der Waals surface area contributed by atoms with E-state index in [4.69, 9.17) is 5.73 Å². The number of anilines is 3. The van der Waals surface area contributed by atoms with Crippen LogP contribution < -0.4 is 16.4 Å². The zero-order valence-electron chi connectivity index (χ0n) is 18.7. The third-order valence-electron chi connectivity index (χ3n) is 5.98. The van der Waals surface area contributed by atoms with E-state index in [9.17, 15) is 23.2 Å². The molecule has 0 saturated heterocycles. The second kappa shape index (κ2) is 9.35. The molecule has 0 unspecified atom stereocenters. The molecule has 0 saturated carbocycles.